The SMILES string of the molecule is CO[C@H]1CCCN(c2cccc(-c3csc(NC(=O)CN)n3)c2)C1. The van der Waals surface area contributed by atoms with Gasteiger partial charge in [0.2, 0.25) is 5.91 Å². The Morgan fingerprint density at radius 3 is 3.21 bits per heavy atom. The minimum absolute atomic E-state index is 0.0416. The third-order valence-electron chi connectivity index (χ3n) is 4.15. The molecule has 6 nitrogen and oxygen atoms in total. The molecule has 1 aromatic carbocycles. The number of nitrogens with two attached hydrogens (primary N) is 1. The molecular formula is C17H22N4O2S. The number of rotatable bonds is 5. The number of amides is 1. The van der Waals surface area contributed by atoms with Crippen LogP contribution >= 0.6 is 11.3 Å². The van der Waals surface area contributed by atoms with E-state index in [9.17, 15) is 4.79 Å². The summed E-state index contributed by atoms with van der Waals surface area (Å²) in [4.78, 5) is 18.2. The van der Waals surface area contributed by atoms with Crippen LogP contribution in [0.25, 0.3) is 11.3 Å². The van der Waals surface area contributed by atoms with Gasteiger partial charge in [0.15, 0.2) is 5.13 Å². The number of carbonyl (C=O) groups is 1. The van der Waals surface area contributed by atoms with Crippen LogP contribution in [-0.4, -0.2) is 43.7 Å². The highest BCUT2D eigenvalue weighted by molar-refractivity contribution is 7.14. The van der Waals surface area contributed by atoms with Crippen molar-refractivity contribution in [2.75, 3.05) is 37.0 Å². The van der Waals surface area contributed by atoms with Gasteiger partial charge in [-0.15, -0.1) is 11.3 Å². The minimum Gasteiger partial charge on any atom is -0.380 e. The number of ether oxygens (including phenoxy) is 1. The Morgan fingerprint density at radius 2 is 2.42 bits per heavy atom. The van der Waals surface area contributed by atoms with Crippen molar-refractivity contribution in [2.24, 2.45) is 5.73 Å². The molecule has 1 aromatic heterocycles. The van der Waals surface area contributed by atoms with E-state index in [-0.39, 0.29) is 12.5 Å². The zero-order chi connectivity index (χ0) is 16.9. The number of hydrogen-bond donors (Lipinski definition) is 2. The standard InChI is InChI=1S/C17H22N4O2S/c1-23-14-6-3-7-21(10-14)13-5-2-4-12(8-13)15-11-24-17(19-15)20-16(22)9-18/h2,4-5,8,11,14H,3,6-7,9-10,18H2,1H3,(H,19,20,22)/t14-/m0/s1. The molecule has 0 unspecified atom stereocenters. The van der Waals surface area contributed by atoms with Crippen LogP contribution in [0.5, 0.6) is 0 Å². The van der Waals surface area contributed by atoms with E-state index in [1.165, 1.54) is 17.0 Å². The molecule has 1 saturated heterocycles. The number of aromatic nitrogens is 1. The van der Waals surface area contributed by atoms with Gasteiger partial charge in [0.1, 0.15) is 0 Å². The Morgan fingerprint density at radius 1 is 1.54 bits per heavy atom. The normalized spacial score (nSPS) is 17.8. The topological polar surface area (TPSA) is 80.5 Å². The molecule has 0 spiro atoms. The molecule has 2 heterocycles. The van der Waals surface area contributed by atoms with Gasteiger partial charge in [-0.25, -0.2) is 4.98 Å². The van der Waals surface area contributed by atoms with Crippen LogP contribution in [-0.2, 0) is 9.53 Å². The average molecular weight is 346 g/mol. The highest BCUT2D eigenvalue weighted by Gasteiger charge is 2.20. The van der Waals surface area contributed by atoms with Gasteiger partial charge in [-0.2, -0.15) is 0 Å². The van der Waals surface area contributed by atoms with E-state index in [4.69, 9.17) is 10.5 Å². The summed E-state index contributed by atoms with van der Waals surface area (Å²) >= 11 is 1.40. The number of nitrogens with zero attached hydrogens (tertiary/aromatic N) is 2. The third kappa shape index (κ3) is 3.92. The third-order valence-corrected chi connectivity index (χ3v) is 4.91. The summed E-state index contributed by atoms with van der Waals surface area (Å²) in [6.07, 6.45) is 2.54. The predicted molar refractivity (Wildman–Crippen MR) is 97.5 cm³/mol. The molecule has 7 heteroatoms. The largest absolute Gasteiger partial charge is 0.380 e. The number of methoxy groups -OCH3 is 1. The fraction of sp³-hybridized carbons (Fsp3) is 0.412. The minimum atomic E-state index is -0.233. The maximum atomic E-state index is 11.4. The monoisotopic (exact) mass is 346 g/mol. The number of anilines is 2. The zero-order valence-corrected chi connectivity index (χ0v) is 14.5. The van der Waals surface area contributed by atoms with Crippen LogP contribution in [0.1, 0.15) is 12.8 Å². The van der Waals surface area contributed by atoms with Crippen LogP contribution in [0.2, 0.25) is 0 Å². The van der Waals surface area contributed by atoms with Gasteiger partial charge in [-0.3, -0.25) is 4.79 Å². The van der Waals surface area contributed by atoms with Crippen LogP contribution in [0.4, 0.5) is 10.8 Å². The zero-order valence-electron chi connectivity index (χ0n) is 13.7. The first-order valence-electron chi connectivity index (χ1n) is 8.03. The Hall–Kier alpha value is -1.96. The molecule has 1 aliphatic rings. The first kappa shape index (κ1) is 16.9. The van der Waals surface area contributed by atoms with Crippen molar-refractivity contribution in [1.29, 1.82) is 0 Å². The second-order valence-electron chi connectivity index (χ2n) is 5.79. The van der Waals surface area contributed by atoms with Gasteiger partial charge in [-0.05, 0) is 25.0 Å². The summed E-state index contributed by atoms with van der Waals surface area (Å²) < 4.78 is 5.51. The lowest BCUT2D eigenvalue weighted by Crippen LogP contribution is -2.39. The van der Waals surface area contributed by atoms with Crippen molar-refractivity contribution in [3.63, 3.8) is 0 Å². The fourth-order valence-corrected chi connectivity index (χ4v) is 3.60. The second kappa shape index (κ2) is 7.74. The second-order valence-corrected chi connectivity index (χ2v) is 6.64. The molecule has 2 aromatic rings. The van der Waals surface area contributed by atoms with E-state index in [2.05, 4.69) is 27.3 Å². The number of hydrogen-bond acceptors (Lipinski definition) is 6. The number of benzene rings is 1. The summed E-state index contributed by atoms with van der Waals surface area (Å²) in [5.41, 5.74) is 8.38. The van der Waals surface area contributed by atoms with Crippen LogP contribution in [0, 0.1) is 0 Å². The predicted octanol–water partition coefficient (Wildman–Crippen LogP) is 2.32. The molecule has 3 rings (SSSR count). The Labute approximate surface area is 145 Å². The van der Waals surface area contributed by atoms with Crippen molar-refractivity contribution < 1.29 is 9.53 Å². The molecule has 3 N–H and O–H groups in total. The van der Waals surface area contributed by atoms with E-state index in [0.717, 1.165) is 37.2 Å². The lowest BCUT2D eigenvalue weighted by Gasteiger charge is -2.33. The number of carbonyl (C=O) groups excluding carboxylic acids is 1. The molecule has 0 aliphatic carbocycles. The molecule has 0 radical (unpaired) electrons. The van der Waals surface area contributed by atoms with Crippen LogP contribution in [0.3, 0.4) is 0 Å². The maximum Gasteiger partial charge on any atom is 0.239 e. The molecule has 0 saturated carbocycles. The first-order chi connectivity index (χ1) is 11.7. The van der Waals surface area contributed by atoms with E-state index in [1.54, 1.807) is 7.11 Å². The summed E-state index contributed by atoms with van der Waals surface area (Å²) in [6, 6.07) is 8.33. The summed E-state index contributed by atoms with van der Waals surface area (Å²) in [6.45, 7) is 1.91. The molecule has 1 atom stereocenters. The van der Waals surface area contributed by atoms with Crippen molar-refractivity contribution >= 4 is 28.1 Å². The maximum absolute atomic E-state index is 11.4. The van der Waals surface area contributed by atoms with Gasteiger partial charge in [0, 0.05) is 36.8 Å². The molecule has 1 fully saturated rings. The summed E-state index contributed by atoms with van der Waals surface area (Å²) in [5, 5.41) is 5.21. The number of piperidine rings is 1. The fourth-order valence-electron chi connectivity index (χ4n) is 2.86. The van der Waals surface area contributed by atoms with Crippen molar-refractivity contribution in [1.82, 2.24) is 4.98 Å². The molecule has 1 aliphatic heterocycles. The lowest BCUT2D eigenvalue weighted by atomic mass is 10.1. The van der Waals surface area contributed by atoms with E-state index in [1.807, 2.05) is 17.5 Å². The smallest absolute Gasteiger partial charge is 0.239 e. The van der Waals surface area contributed by atoms with Crippen molar-refractivity contribution in [3.8, 4) is 11.3 Å². The average Bonchev–Trinajstić information content (AvgIpc) is 3.10. The van der Waals surface area contributed by atoms with Gasteiger partial charge >= 0.3 is 0 Å². The quantitative estimate of drug-likeness (QED) is 0.868. The summed E-state index contributed by atoms with van der Waals surface area (Å²) in [7, 11) is 1.77. The van der Waals surface area contributed by atoms with Gasteiger partial charge in [0.25, 0.3) is 0 Å². The van der Waals surface area contributed by atoms with Gasteiger partial charge < -0.3 is 20.7 Å². The van der Waals surface area contributed by atoms with E-state index >= 15 is 0 Å². The van der Waals surface area contributed by atoms with Crippen LogP contribution < -0.4 is 16.0 Å². The Kier molecular flexibility index (Phi) is 5.44. The molecule has 24 heavy (non-hydrogen) atoms. The van der Waals surface area contributed by atoms with E-state index in [0.29, 0.717) is 11.2 Å². The van der Waals surface area contributed by atoms with E-state index < -0.39 is 0 Å². The highest BCUT2D eigenvalue weighted by Crippen LogP contribution is 2.29. The van der Waals surface area contributed by atoms with Crippen molar-refractivity contribution in [3.05, 3.63) is 29.6 Å². The van der Waals surface area contributed by atoms with Gasteiger partial charge in [0.05, 0.1) is 18.3 Å². The molecule has 1 amide bonds. The first-order valence-corrected chi connectivity index (χ1v) is 8.91. The molecular weight excluding hydrogens is 324 g/mol. The highest BCUT2D eigenvalue weighted by atomic mass is 32.1. The lowest BCUT2D eigenvalue weighted by molar-refractivity contribution is -0.114. The Bertz CT molecular complexity index is 703. The van der Waals surface area contributed by atoms with Crippen LogP contribution in [0.15, 0.2) is 29.6 Å². The van der Waals surface area contributed by atoms with Gasteiger partial charge in [-0.1, -0.05) is 12.1 Å². The number of nitrogens with one attached hydrogen (secondary N) is 1. The Balaban J connectivity index is 1.77. The van der Waals surface area contributed by atoms with Crippen molar-refractivity contribution in [2.45, 2.75) is 18.9 Å². The number of thiazole rings is 1. The summed E-state index contributed by atoms with van der Waals surface area (Å²) in [5.74, 6) is -0.233. The molecule has 128 valence electrons. The molecule has 0 bridgehead atoms.